The monoisotopic (exact) mass is 257 g/mol. The predicted molar refractivity (Wildman–Crippen MR) is 77.5 cm³/mol. The molecule has 0 aliphatic heterocycles. The molecular weight excluding hydrogens is 237 g/mol. The molecule has 0 amide bonds. The van der Waals surface area contributed by atoms with Gasteiger partial charge in [-0.05, 0) is 43.5 Å². The summed E-state index contributed by atoms with van der Waals surface area (Å²) in [5.74, 6) is -0.140. The van der Waals surface area contributed by atoms with Crippen molar-refractivity contribution < 1.29 is 4.39 Å². The van der Waals surface area contributed by atoms with Crippen LogP contribution < -0.4 is 5.32 Å². The molecule has 1 nitrogen and oxygen atoms in total. The summed E-state index contributed by atoms with van der Waals surface area (Å²) in [5.41, 5.74) is 2.90. The SMILES string of the molecule is Cc1ccc(C(C)NC(C)c2ccccc2)cc1F. The quantitative estimate of drug-likeness (QED) is 0.847. The van der Waals surface area contributed by atoms with E-state index in [0.717, 1.165) is 5.56 Å². The van der Waals surface area contributed by atoms with Gasteiger partial charge in [-0.2, -0.15) is 0 Å². The fourth-order valence-electron chi connectivity index (χ4n) is 2.19. The maximum atomic E-state index is 13.6. The van der Waals surface area contributed by atoms with Gasteiger partial charge >= 0.3 is 0 Å². The number of rotatable bonds is 4. The molecule has 2 heteroatoms. The molecule has 2 rings (SSSR count). The summed E-state index contributed by atoms with van der Waals surface area (Å²) >= 11 is 0. The second kappa shape index (κ2) is 5.98. The molecule has 2 atom stereocenters. The highest BCUT2D eigenvalue weighted by Crippen LogP contribution is 2.20. The molecule has 0 fully saturated rings. The third-order valence-electron chi connectivity index (χ3n) is 3.50. The Morgan fingerprint density at radius 1 is 0.895 bits per heavy atom. The highest BCUT2D eigenvalue weighted by atomic mass is 19.1. The standard InChI is InChI=1S/C17H20FN/c1-12-9-10-16(11-17(12)18)14(3)19-13(2)15-7-5-4-6-8-15/h4-11,13-14,19H,1-3H3. The summed E-state index contributed by atoms with van der Waals surface area (Å²) < 4.78 is 13.6. The summed E-state index contributed by atoms with van der Waals surface area (Å²) in [7, 11) is 0. The highest BCUT2D eigenvalue weighted by molar-refractivity contribution is 5.26. The molecule has 0 aliphatic rings. The topological polar surface area (TPSA) is 12.0 Å². The zero-order valence-corrected chi connectivity index (χ0v) is 11.7. The molecule has 0 saturated heterocycles. The molecule has 19 heavy (non-hydrogen) atoms. The van der Waals surface area contributed by atoms with Crippen LogP contribution in [0.25, 0.3) is 0 Å². The molecule has 0 aliphatic carbocycles. The van der Waals surface area contributed by atoms with Crippen LogP contribution in [0.2, 0.25) is 0 Å². The van der Waals surface area contributed by atoms with E-state index < -0.39 is 0 Å². The number of halogens is 1. The summed E-state index contributed by atoms with van der Waals surface area (Å²) in [5, 5.41) is 3.49. The van der Waals surface area contributed by atoms with E-state index >= 15 is 0 Å². The zero-order valence-electron chi connectivity index (χ0n) is 11.7. The van der Waals surface area contributed by atoms with Crippen molar-refractivity contribution in [2.24, 2.45) is 0 Å². The molecule has 0 heterocycles. The van der Waals surface area contributed by atoms with Gasteiger partial charge in [0.15, 0.2) is 0 Å². The number of hydrogen-bond donors (Lipinski definition) is 1. The molecular formula is C17H20FN. The van der Waals surface area contributed by atoms with Crippen molar-refractivity contribution in [1.82, 2.24) is 5.32 Å². The molecule has 0 radical (unpaired) electrons. The van der Waals surface area contributed by atoms with E-state index in [1.807, 2.05) is 30.3 Å². The molecule has 0 saturated carbocycles. The van der Waals surface area contributed by atoms with Crippen LogP contribution in [0.3, 0.4) is 0 Å². The van der Waals surface area contributed by atoms with Crippen molar-refractivity contribution in [3.05, 3.63) is 71.0 Å². The third-order valence-corrected chi connectivity index (χ3v) is 3.50. The van der Waals surface area contributed by atoms with E-state index in [0.29, 0.717) is 5.56 Å². The van der Waals surface area contributed by atoms with Crippen LogP contribution in [0.5, 0.6) is 0 Å². The van der Waals surface area contributed by atoms with Crippen molar-refractivity contribution in [3.63, 3.8) is 0 Å². The van der Waals surface area contributed by atoms with Gasteiger partial charge in [0.2, 0.25) is 0 Å². The van der Waals surface area contributed by atoms with Crippen LogP contribution >= 0.6 is 0 Å². The van der Waals surface area contributed by atoms with Gasteiger partial charge in [-0.25, -0.2) is 4.39 Å². The van der Waals surface area contributed by atoms with Crippen molar-refractivity contribution in [3.8, 4) is 0 Å². The highest BCUT2D eigenvalue weighted by Gasteiger charge is 2.11. The van der Waals surface area contributed by atoms with E-state index in [-0.39, 0.29) is 17.9 Å². The molecule has 2 aromatic rings. The van der Waals surface area contributed by atoms with Gasteiger partial charge < -0.3 is 5.32 Å². The van der Waals surface area contributed by atoms with E-state index in [9.17, 15) is 4.39 Å². The lowest BCUT2D eigenvalue weighted by Crippen LogP contribution is -2.22. The zero-order chi connectivity index (χ0) is 13.8. The first-order chi connectivity index (χ1) is 9.08. The summed E-state index contributed by atoms with van der Waals surface area (Å²) in [6.07, 6.45) is 0. The van der Waals surface area contributed by atoms with E-state index in [1.54, 1.807) is 13.0 Å². The second-order valence-corrected chi connectivity index (χ2v) is 5.03. The third kappa shape index (κ3) is 3.42. The Hall–Kier alpha value is -1.67. The average Bonchev–Trinajstić information content (AvgIpc) is 2.42. The van der Waals surface area contributed by atoms with Crippen LogP contribution in [-0.4, -0.2) is 0 Å². The average molecular weight is 257 g/mol. The fraction of sp³-hybridized carbons (Fsp3) is 0.294. The molecule has 1 N–H and O–H groups in total. The summed E-state index contributed by atoms with van der Waals surface area (Å²) in [4.78, 5) is 0. The normalized spacial score (nSPS) is 14.1. The predicted octanol–water partition coefficient (Wildman–Crippen LogP) is 4.55. The largest absolute Gasteiger partial charge is 0.304 e. The second-order valence-electron chi connectivity index (χ2n) is 5.03. The van der Waals surface area contributed by atoms with Crippen LogP contribution in [0.15, 0.2) is 48.5 Å². The van der Waals surface area contributed by atoms with Gasteiger partial charge in [-0.1, -0.05) is 42.5 Å². The minimum Gasteiger partial charge on any atom is -0.304 e. The first-order valence-corrected chi connectivity index (χ1v) is 6.65. The van der Waals surface area contributed by atoms with Crippen molar-refractivity contribution in [1.29, 1.82) is 0 Å². The number of hydrogen-bond acceptors (Lipinski definition) is 1. The fourth-order valence-corrected chi connectivity index (χ4v) is 2.19. The van der Waals surface area contributed by atoms with E-state index in [1.165, 1.54) is 5.56 Å². The number of nitrogens with one attached hydrogen (secondary N) is 1. The molecule has 100 valence electrons. The van der Waals surface area contributed by atoms with Crippen molar-refractivity contribution in [2.45, 2.75) is 32.9 Å². The lowest BCUT2D eigenvalue weighted by atomic mass is 10.0. The summed E-state index contributed by atoms with van der Waals surface area (Å²) in [6, 6.07) is 16.0. The van der Waals surface area contributed by atoms with Crippen LogP contribution in [-0.2, 0) is 0 Å². The van der Waals surface area contributed by atoms with E-state index in [4.69, 9.17) is 0 Å². The van der Waals surface area contributed by atoms with E-state index in [2.05, 4.69) is 31.3 Å². The van der Waals surface area contributed by atoms with Gasteiger partial charge in [-0.3, -0.25) is 0 Å². The lowest BCUT2D eigenvalue weighted by Gasteiger charge is -2.21. The Morgan fingerprint density at radius 3 is 2.16 bits per heavy atom. The Labute approximate surface area is 114 Å². The molecule has 2 aromatic carbocycles. The van der Waals surface area contributed by atoms with Crippen molar-refractivity contribution >= 4 is 0 Å². The Balaban J connectivity index is 2.08. The van der Waals surface area contributed by atoms with Crippen molar-refractivity contribution in [2.75, 3.05) is 0 Å². The van der Waals surface area contributed by atoms with Crippen LogP contribution in [0.1, 0.15) is 42.6 Å². The Kier molecular flexibility index (Phi) is 4.33. The first-order valence-electron chi connectivity index (χ1n) is 6.65. The van der Waals surface area contributed by atoms with Gasteiger partial charge in [0.05, 0.1) is 0 Å². The van der Waals surface area contributed by atoms with Crippen LogP contribution in [0, 0.1) is 12.7 Å². The van der Waals surface area contributed by atoms with Gasteiger partial charge in [0.25, 0.3) is 0 Å². The Morgan fingerprint density at radius 2 is 1.53 bits per heavy atom. The minimum atomic E-state index is -0.140. The molecule has 0 bridgehead atoms. The summed E-state index contributed by atoms with van der Waals surface area (Å²) in [6.45, 7) is 5.96. The number of benzene rings is 2. The Bertz CT molecular complexity index is 536. The smallest absolute Gasteiger partial charge is 0.126 e. The van der Waals surface area contributed by atoms with Gasteiger partial charge in [0.1, 0.15) is 5.82 Å². The maximum absolute atomic E-state index is 13.6. The molecule has 0 spiro atoms. The lowest BCUT2D eigenvalue weighted by molar-refractivity contribution is 0.491. The molecule has 0 aromatic heterocycles. The molecule has 2 unspecified atom stereocenters. The maximum Gasteiger partial charge on any atom is 0.126 e. The van der Waals surface area contributed by atoms with Gasteiger partial charge in [-0.15, -0.1) is 0 Å². The minimum absolute atomic E-state index is 0.116. The van der Waals surface area contributed by atoms with Crippen LogP contribution in [0.4, 0.5) is 4.39 Å². The number of aryl methyl sites for hydroxylation is 1. The van der Waals surface area contributed by atoms with Gasteiger partial charge in [0, 0.05) is 12.1 Å². The first kappa shape index (κ1) is 13.8.